The van der Waals surface area contributed by atoms with Crippen LogP contribution in [0.2, 0.25) is 0 Å². The lowest BCUT2D eigenvalue weighted by Gasteiger charge is -2.40. The highest BCUT2D eigenvalue weighted by atomic mass is 16.5. The summed E-state index contributed by atoms with van der Waals surface area (Å²) in [6, 6.07) is 15.7. The third-order valence-corrected chi connectivity index (χ3v) is 5.45. The molecular weight excluding hydrogens is 340 g/mol. The van der Waals surface area contributed by atoms with Crippen LogP contribution < -0.4 is 10.1 Å². The number of rotatable bonds is 3. The van der Waals surface area contributed by atoms with E-state index in [0.29, 0.717) is 18.7 Å². The molecule has 1 amide bonds. The molecule has 2 aromatic carbocycles. The van der Waals surface area contributed by atoms with Gasteiger partial charge in [0.2, 0.25) is 0 Å². The summed E-state index contributed by atoms with van der Waals surface area (Å²) < 4.78 is 11.8. The summed E-state index contributed by atoms with van der Waals surface area (Å²) in [6.45, 7) is 1.83. The molecule has 3 aliphatic heterocycles. The molecule has 5 heteroatoms. The number of benzene rings is 2. The summed E-state index contributed by atoms with van der Waals surface area (Å²) in [5.74, 6) is 0.930. The second-order valence-corrected chi connectivity index (χ2v) is 7.23. The van der Waals surface area contributed by atoms with Crippen molar-refractivity contribution in [3.63, 3.8) is 0 Å². The quantitative estimate of drug-likeness (QED) is 0.907. The van der Waals surface area contributed by atoms with Crippen molar-refractivity contribution in [2.45, 2.75) is 25.1 Å². The Bertz CT molecular complexity index is 902. The van der Waals surface area contributed by atoms with Crippen molar-refractivity contribution in [3.05, 3.63) is 65.2 Å². The number of nitrogens with zero attached hydrogens (tertiary/aromatic N) is 1. The molecule has 1 saturated heterocycles. The number of ether oxygens (including phenoxy) is 2. The topological polar surface area (TPSA) is 50.8 Å². The van der Waals surface area contributed by atoms with E-state index in [-0.39, 0.29) is 18.2 Å². The second-order valence-electron chi connectivity index (χ2n) is 7.23. The molecule has 0 aromatic heterocycles. The monoisotopic (exact) mass is 362 g/mol. The second kappa shape index (κ2) is 6.74. The van der Waals surface area contributed by atoms with Crippen molar-refractivity contribution >= 4 is 17.7 Å². The minimum Gasteiger partial charge on any atom is -0.488 e. The van der Waals surface area contributed by atoms with E-state index < -0.39 is 0 Å². The van der Waals surface area contributed by atoms with E-state index >= 15 is 0 Å². The van der Waals surface area contributed by atoms with Gasteiger partial charge in [0.1, 0.15) is 18.5 Å². The number of hydrogen-bond donors (Lipinski definition) is 1. The maximum absolute atomic E-state index is 13.3. The molecule has 1 fully saturated rings. The van der Waals surface area contributed by atoms with Crippen LogP contribution in [0, 0.1) is 0 Å². The molecular formula is C22H22N2O3. The van der Waals surface area contributed by atoms with Gasteiger partial charge in [-0.2, -0.15) is 0 Å². The Morgan fingerprint density at radius 3 is 2.85 bits per heavy atom. The predicted octanol–water partition coefficient (Wildman–Crippen LogP) is 3.54. The van der Waals surface area contributed by atoms with Gasteiger partial charge in [0.05, 0.1) is 11.7 Å². The van der Waals surface area contributed by atoms with Crippen molar-refractivity contribution in [2.75, 3.05) is 25.1 Å². The molecule has 0 bridgehead atoms. The van der Waals surface area contributed by atoms with Gasteiger partial charge in [-0.15, -0.1) is 0 Å². The van der Waals surface area contributed by atoms with E-state index in [1.807, 2.05) is 53.4 Å². The minimum absolute atomic E-state index is 0.0459. The first-order valence-corrected chi connectivity index (χ1v) is 9.50. The maximum atomic E-state index is 13.3. The molecule has 5 rings (SSSR count). The summed E-state index contributed by atoms with van der Waals surface area (Å²) in [5.41, 5.74) is 3.68. The van der Waals surface area contributed by atoms with Crippen molar-refractivity contribution in [1.82, 2.24) is 4.90 Å². The number of para-hydroxylation sites is 2. The number of carbonyl (C=O) groups is 1. The average molecular weight is 362 g/mol. The number of hydrogen-bond acceptors (Lipinski definition) is 4. The zero-order chi connectivity index (χ0) is 18.2. The van der Waals surface area contributed by atoms with E-state index in [1.54, 1.807) is 0 Å². The molecule has 3 heterocycles. The van der Waals surface area contributed by atoms with Gasteiger partial charge < -0.3 is 19.7 Å². The van der Waals surface area contributed by atoms with E-state index in [4.69, 9.17) is 9.47 Å². The molecule has 3 aliphatic rings. The SMILES string of the molecule is O=C1c2ccccc2NC(C2=Cc3ccccc3OC2)N1CC1CCCO1. The van der Waals surface area contributed by atoms with Gasteiger partial charge in [0.15, 0.2) is 0 Å². The van der Waals surface area contributed by atoms with Gasteiger partial charge in [0.25, 0.3) is 5.91 Å². The Morgan fingerprint density at radius 2 is 1.96 bits per heavy atom. The highest BCUT2D eigenvalue weighted by Crippen LogP contribution is 2.33. The number of anilines is 1. The van der Waals surface area contributed by atoms with Crippen LogP contribution in [0.25, 0.3) is 6.08 Å². The van der Waals surface area contributed by atoms with Crippen molar-refractivity contribution in [2.24, 2.45) is 0 Å². The fourth-order valence-corrected chi connectivity index (χ4v) is 4.07. The van der Waals surface area contributed by atoms with Crippen molar-refractivity contribution < 1.29 is 14.3 Å². The van der Waals surface area contributed by atoms with Gasteiger partial charge in [-0.05, 0) is 37.1 Å². The van der Waals surface area contributed by atoms with Crippen LogP contribution in [0.4, 0.5) is 5.69 Å². The molecule has 2 unspecified atom stereocenters. The van der Waals surface area contributed by atoms with Crippen LogP contribution in [-0.2, 0) is 4.74 Å². The molecule has 0 aliphatic carbocycles. The largest absolute Gasteiger partial charge is 0.488 e. The molecule has 5 nitrogen and oxygen atoms in total. The van der Waals surface area contributed by atoms with Crippen molar-refractivity contribution in [1.29, 1.82) is 0 Å². The Kier molecular flexibility index (Phi) is 4.09. The smallest absolute Gasteiger partial charge is 0.257 e. The number of fused-ring (bicyclic) bond motifs is 2. The van der Waals surface area contributed by atoms with Crippen molar-refractivity contribution in [3.8, 4) is 5.75 Å². The lowest BCUT2D eigenvalue weighted by atomic mass is 10.00. The standard InChI is InChI=1S/C22H22N2O3/c25-22-18-8-2-3-9-19(18)23-21(24(22)13-17-7-5-11-26-17)16-12-15-6-1-4-10-20(15)27-14-16/h1-4,6,8-10,12,17,21,23H,5,7,11,13-14H2. The maximum Gasteiger partial charge on any atom is 0.257 e. The fourth-order valence-electron chi connectivity index (χ4n) is 4.07. The fraction of sp³-hybridized carbons (Fsp3) is 0.318. The lowest BCUT2D eigenvalue weighted by molar-refractivity contribution is 0.0456. The van der Waals surface area contributed by atoms with Gasteiger partial charge >= 0.3 is 0 Å². The molecule has 27 heavy (non-hydrogen) atoms. The summed E-state index contributed by atoms with van der Waals surface area (Å²) in [7, 11) is 0. The Hall–Kier alpha value is -2.79. The molecule has 1 N–H and O–H groups in total. The average Bonchev–Trinajstić information content (AvgIpc) is 3.23. The summed E-state index contributed by atoms with van der Waals surface area (Å²) in [4.78, 5) is 15.2. The van der Waals surface area contributed by atoms with Crippen LogP contribution >= 0.6 is 0 Å². The molecule has 138 valence electrons. The van der Waals surface area contributed by atoms with E-state index in [9.17, 15) is 4.79 Å². The molecule has 2 aromatic rings. The van der Waals surface area contributed by atoms with Crippen LogP contribution in [0.1, 0.15) is 28.8 Å². The van der Waals surface area contributed by atoms with E-state index in [0.717, 1.165) is 42.0 Å². The summed E-state index contributed by atoms with van der Waals surface area (Å²) in [5, 5.41) is 3.55. The zero-order valence-corrected chi connectivity index (χ0v) is 15.1. The Morgan fingerprint density at radius 1 is 1.11 bits per heavy atom. The van der Waals surface area contributed by atoms with Gasteiger partial charge in [-0.3, -0.25) is 4.79 Å². The first kappa shape index (κ1) is 16.4. The highest BCUT2D eigenvalue weighted by molar-refractivity contribution is 6.02. The third kappa shape index (κ3) is 2.98. The Balaban J connectivity index is 1.52. The Labute approximate surface area is 158 Å². The van der Waals surface area contributed by atoms with Crippen LogP contribution in [-0.4, -0.2) is 42.8 Å². The first-order chi connectivity index (χ1) is 13.3. The third-order valence-electron chi connectivity index (χ3n) is 5.45. The normalized spacial score (nSPS) is 23.8. The number of carbonyl (C=O) groups excluding carboxylic acids is 1. The lowest BCUT2D eigenvalue weighted by Crippen LogP contribution is -2.53. The first-order valence-electron chi connectivity index (χ1n) is 9.50. The summed E-state index contributed by atoms with van der Waals surface area (Å²) >= 11 is 0. The highest BCUT2D eigenvalue weighted by Gasteiger charge is 2.37. The van der Waals surface area contributed by atoms with Crippen LogP contribution in [0.3, 0.4) is 0 Å². The minimum atomic E-state index is -0.232. The van der Waals surface area contributed by atoms with E-state index in [2.05, 4.69) is 11.4 Å². The van der Waals surface area contributed by atoms with Gasteiger partial charge in [0, 0.05) is 30.0 Å². The van der Waals surface area contributed by atoms with Crippen LogP contribution in [0.15, 0.2) is 54.1 Å². The van der Waals surface area contributed by atoms with Gasteiger partial charge in [-0.25, -0.2) is 0 Å². The molecule has 2 atom stereocenters. The van der Waals surface area contributed by atoms with Crippen LogP contribution in [0.5, 0.6) is 5.75 Å². The molecule has 0 saturated carbocycles. The molecule has 0 spiro atoms. The number of nitrogens with one attached hydrogen (secondary N) is 1. The molecule has 0 radical (unpaired) electrons. The summed E-state index contributed by atoms with van der Waals surface area (Å²) in [6.07, 6.45) is 4.06. The number of amides is 1. The zero-order valence-electron chi connectivity index (χ0n) is 15.1. The van der Waals surface area contributed by atoms with E-state index in [1.165, 1.54) is 0 Å². The van der Waals surface area contributed by atoms with Gasteiger partial charge in [-0.1, -0.05) is 30.3 Å². The predicted molar refractivity (Wildman–Crippen MR) is 104 cm³/mol.